The van der Waals surface area contributed by atoms with Crippen molar-refractivity contribution in [3.05, 3.63) is 29.8 Å². The minimum atomic E-state index is -3.91. The Morgan fingerprint density at radius 1 is 1.31 bits per heavy atom. The van der Waals surface area contributed by atoms with E-state index < -0.39 is 33.5 Å². The second-order valence-corrected chi connectivity index (χ2v) is 10.7. The second kappa shape index (κ2) is 4.73. The number of rotatable bonds is 3. The molecule has 0 spiro atoms. The summed E-state index contributed by atoms with van der Waals surface area (Å²) in [6.45, 7) is 0. The maximum absolute atomic E-state index is 10.5. The van der Waals surface area contributed by atoms with E-state index in [0.717, 1.165) is 3.07 Å². The third kappa shape index (κ3) is 4.40. The van der Waals surface area contributed by atoms with Crippen LogP contribution in [0.3, 0.4) is 0 Å². The zero-order chi connectivity index (χ0) is 9.90. The Morgan fingerprint density at radius 2 is 1.85 bits per heavy atom. The zero-order valence-corrected chi connectivity index (χ0v) is 13.8. The second-order valence-electron chi connectivity index (χ2n) is 2.68. The van der Waals surface area contributed by atoms with Gasteiger partial charge in [0.1, 0.15) is 0 Å². The molecule has 0 heterocycles. The van der Waals surface area contributed by atoms with E-state index >= 15 is 0 Å². The van der Waals surface area contributed by atoms with Crippen LogP contribution in [0.1, 0.15) is 5.56 Å². The van der Waals surface area contributed by atoms with E-state index in [2.05, 4.69) is 0 Å². The summed E-state index contributed by atoms with van der Waals surface area (Å²) >= 11 is -1.37. The van der Waals surface area contributed by atoms with Crippen molar-refractivity contribution in [3.8, 4) is 0 Å². The van der Waals surface area contributed by atoms with Crippen molar-refractivity contribution in [1.82, 2.24) is 0 Å². The molecule has 1 aromatic rings. The van der Waals surface area contributed by atoms with Gasteiger partial charge in [-0.1, -0.05) is 0 Å². The van der Waals surface area contributed by atoms with Crippen molar-refractivity contribution in [2.45, 2.75) is 5.75 Å². The molecule has 0 saturated carbocycles. The van der Waals surface area contributed by atoms with Gasteiger partial charge in [0, 0.05) is 0 Å². The van der Waals surface area contributed by atoms with Crippen molar-refractivity contribution in [3.63, 3.8) is 0 Å². The van der Waals surface area contributed by atoms with Crippen molar-refractivity contribution < 1.29 is 36.3 Å². The van der Waals surface area contributed by atoms with Gasteiger partial charge < -0.3 is 0 Å². The Bertz CT molecular complexity index is 373. The van der Waals surface area contributed by atoms with Crippen LogP contribution in [0.5, 0.6) is 0 Å². The van der Waals surface area contributed by atoms with Gasteiger partial charge in [-0.05, 0) is 0 Å². The topological polar surface area (TPSA) is 54.4 Å². The van der Waals surface area contributed by atoms with E-state index in [0.29, 0.717) is 5.56 Å². The van der Waals surface area contributed by atoms with Crippen molar-refractivity contribution >= 4 is 21.4 Å². The molecule has 0 unspecified atom stereocenters. The molecule has 1 aromatic carbocycles. The first-order valence-corrected chi connectivity index (χ1v) is 14.7. The van der Waals surface area contributed by atoms with Crippen molar-refractivity contribution in [2.75, 3.05) is 0 Å². The maximum atomic E-state index is 10.5. The molecule has 0 amide bonds. The first-order chi connectivity index (χ1) is 6.01. The minimum absolute atomic E-state index is 0.327. The van der Waals surface area contributed by atoms with Gasteiger partial charge in [-0.25, -0.2) is 0 Å². The summed E-state index contributed by atoms with van der Waals surface area (Å²) in [5, 5.41) is 0. The van der Waals surface area contributed by atoms with Gasteiger partial charge in [-0.2, -0.15) is 0 Å². The number of hydrogen-bond donors (Lipinski definition) is 1. The molecule has 0 atom stereocenters. The number of benzene rings is 1. The first kappa shape index (κ1) is 11.4. The van der Waals surface area contributed by atoms with E-state index in [1.807, 2.05) is 12.1 Å². The van der Waals surface area contributed by atoms with Crippen LogP contribution in [-0.2, 0) is 39.2 Å². The molecular formula is C7H7ClHgO3S. The Balaban J connectivity index is 2.81. The van der Waals surface area contributed by atoms with E-state index in [1.165, 1.54) is 0 Å². The van der Waals surface area contributed by atoms with Crippen LogP contribution in [0.4, 0.5) is 0 Å². The van der Waals surface area contributed by atoms with Crippen LogP contribution >= 0.6 is 8.25 Å². The van der Waals surface area contributed by atoms with Gasteiger partial charge in [0.2, 0.25) is 0 Å². The van der Waals surface area contributed by atoms with E-state index in [9.17, 15) is 8.42 Å². The molecule has 0 fully saturated rings. The summed E-state index contributed by atoms with van der Waals surface area (Å²) < 4.78 is 30.7. The molecule has 68 valence electrons. The third-order valence-corrected chi connectivity index (χ3v) is 7.96. The molecule has 0 radical (unpaired) electrons. The summed E-state index contributed by atoms with van der Waals surface area (Å²) in [7, 11) is 1.86. The molecule has 13 heavy (non-hydrogen) atoms. The molecular weight excluding hydrogens is 400 g/mol. The molecule has 0 aliphatic heterocycles. The summed E-state index contributed by atoms with van der Waals surface area (Å²) in [6, 6.07) is 7.03. The van der Waals surface area contributed by atoms with Crippen molar-refractivity contribution in [1.29, 1.82) is 0 Å². The predicted octanol–water partition coefficient (Wildman–Crippen LogP) is 0.936. The van der Waals surface area contributed by atoms with E-state index in [4.69, 9.17) is 12.8 Å². The Hall–Kier alpha value is 0.355. The van der Waals surface area contributed by atoms with Gasteiger partial charge >= 0.3 is 93.3 Å². The molecule has 1 rings (SSSR count). The summed E-state index contributed by atoms with van der Waals surface area (Å²) in [6.07, 6.45) is 0. The summed E-state index contributed by atoms with van der Waals surface area (Å²) in [5.41, 5.74) is 0.588. The molecule has 0 aliphatic carbocycles. The standard InChI is InChI=1S/C7H7O3S.ClH.Hg/c8-11(9,10)6-7-4-2-1-3-5-7;;/h2-5H,6H2,(H,8,9,10);1H;/q;;+1/p-1. The van der Waals surface area contributed by atoms with Crippen molar-refractivity contribution in [2.24, 2.45) is 0 Å². The van der Waals surface area contributed by atoms with Crippen LogP contribution < -0.4 is 3.07 Å². The Morgan fingerprint density at radius 3 is 2.23 bits per heavy atom. The molecule has 1 N–H and O–H groups in total. The van der Waals surface area contributed by atoms with E-state index in [1.54, 1.807) is 12.1 Å². The van der Waals surface area contributed by atoms with Crippen LogP contribution in [-0.4, -0.2) is 13.0 Å². The van der Waals surface area contributed by atoms with Crippen LogP contribution in [0.25, 0.3) is 0 Å². The van der Waals surface area contributed by atoms with Gasteiger partial charge in [-0.15, -0.1) is 0 Å². The fourth-order valence-corrected chi connectivity index (χ4v) is 4.72. The molecule has 6 heteroatoms. The van der Waals surface area contributed by atoms with Gasteiger partial charge in [0.25, 0.3) is 0 Å². The average Bonchev–Trinajstić information content (AvgIpc) is 2.03. The first-order valence-electron chi connectivity index (χ1n) is 3.60. The SMILES string of the molecule is O=S(=O)(O)Cc1cc[c]([Hg][Cl])cc1. The molecule has 0 saturated heterocycles. The van der Waals surface area contributed by atoms with Crippen LogP contribution in [0, 0.1) is 0 Å². The van der Waals surface area contributed by atoms with E-state index in [-0.39, 0.29) is 5.75 Å². The number of halogens is 1. The Kier molecular flexibility index (Phi) is 4.16. The van der Waals surface area contributed by atoms with Gasteiger partial charge in [0.05, 0.1) is 0 Å². The van der Waals surface area contributed by atoms with Gasteiger partial charge in [-0.3, -0.25) is 0 Å². The molecule has 0 aromatic heterocycles. The molecule has 3 nitrogen and oxygen atoms in total. The summed E-state index contributed by atoms with van der Waals surface area (Å²) in [4.78, 5) is 0. The van der Waals surface area contributed by atoms with Crippen LogP contribution in [0.2, 0.25) is 0 Å². The monoisotopic (exact) mass is 408 g/mol. The van der Waals surface area contributed by atoms with Gasteiger partial charge in [0.15, 0.2) is 0 Å². The fraction of sp³-hybridized carbons (Fsp3) is 0.143. The van der Waals surface area contributed by atoms with Crippen LogP contribution in [0.15, 0.2) is 24.3 Å². The predicted molar refractivity (Wildman–Crippen MR) is 47.2 cm³/mol. The quantitative estimate of drug-likeness (QED) is 0.600. The third-order valence-electron chi connectivity index (χ3n) is 1.53. The number of hydrogen-bond acceptors (Lipinski definition) is 2. The zero-order valence-electron chi connectivity index (χ0n) is 6.77. The average molecular weight is 407 g/mol. The molecule has 0 aliphatic rings. The normalized spacial score (nSPS) is 10.9. The molecule has 0 bridgehead atoms. The Labute approximate surface area is 92.7 Å². The summed E-state index contributed by atoms with van der Waals surface area (Å²) in [5.74, 6) is -0.327. The fourth-order valence-electron chi connectivity index (χ4n) is 0.935.